The fourth-order valence-electron chi connectivity index (χ4n) is 2.80. The van der Waals surface area contributed by atoms with E-state index in [1.165, 1.54) is 0 Å². The summed E-state index contributed by atoms with van der Waals surface area (Å²) in [6.45, 7) is 10.2. The van der Waals surface area contributed by atoms with Gasteiger partial charge in [-0.25, -0.2) is 9.59 Å². The Morgan fingerprint density at radius 2 is 1.14 bits per heavy atom. The summed E-state index contributed by atoms with van der Waals surface area (Å²) < 4.78 is 10.1. The molecule has 0 radical (unpaired) electrons. The van der Waals surface area contributed by atoms with Gasteiger partial charge in [-0.15, -0.1) is 0 Å². The van der Waals surface area contributed by atoms with Gasteiger partial charge in [0.15, 0.2) is 0 Å². The van der Waals surface area contributed by atoms with Gasteiger partial charge in [0.1, 0.15) is 17.4 Å². The minimum atomic E-state index is -1.18. The van der Waals surface area contributed by atoms with Gasteiger partial charge in [-0.1, -0.05) is 13.2 Å². The van der Waals surface area contributed by atoms with E-state index in [1.807, 2.05) is 0 Å². The van der Waals surface area contributed by atoms with E-state index in [0.717, 1.165) is 0 Å². The average molecular weight is 527 g/mol. The van der Waals surface area contributed by atoms with Crippen LogP contribution in [0.4, 0.5) is 9.59 Å². The summed E-state index contributed by atoms with van der Waals surface area (Å²) in [5.41, 5.74) is 0. The van der Waals surface area contributed by atoms with E-state index in [-0.39, 0.29) is 44.1 Å². The fraction of sp³-hybridized carbons (Fsp3) is 0.500. The van der Waals surface area contributed by atoms with E-state index >= 15 is 0 Å². The quantitative estimate of drug-likeness (QED) is 0.115. The third-order valence-electron chi connectivity index (χ3n) is 4.40. The van der Waals surface area contributed by atoms with Crippen molar-refractivity contribution < 1.29 is 43.0 Å². The van der Waals surface area contributed by atoms with Crippen LogP contribution in [0.3, 0.4) is 0 Å². The molecular weight excluding hydrogens is 492 g/mol. The van der Waals surface area contributed by atoms with Gasteiger partial charge in [0.25, 0.3) is 0 Å². The number of nitrogens with one attached hydrogen (secondary N) is 6. The first-order valence-electron chi connectivity index (χ1n) is 11.3. The highest BCUT2D eigenvalue weighted by molar-refractivity contribution is 5.92. The van der Waals surface area contributed by atoms with E-state index in [9.17, 15) is 33.6 Å². The second-order valence-electron chi connectivity index (χ2n) is 7.48. The van der Waals surface area contributed by atoms with Crippen molar-refractivity contribution in [3.8, 4) is 0 Å². The number of alkyl carbamates (subject to hydrolysis) is 2. The van der Waals surface area contributed by atoms with Crippen molar-refractivity contribution in [3.05, 3.63) is 24.8 Å². The molecular formula is C22H34N6O9. The number of ketones is 1. The zero-order chi connectivity index (χ0) is 28.2. The molecule has 6 amide bonds. The van der Waals surface area contributed by atoms with Crippen molar-refractivity contribution in [2.24, 2.45) is 11.8 Å². The van der Waals surface area contributed by atoms with E-state index in [2.05, 4.69) is 45.1 Å². The first-order valence-corrected chi connectivity index (χ1v) is 11.3. The third kappa shape index (κ3) is 16.0. The first-order chi connectivity index (χ1) is 17.6. The molecule has 0 aliphatic carbocycles. The van der Waals surface area contributed by atoms with Crippen LogP contribution in [0.5, 0.6) is 0 Å². The molecule has 0 aromatic rings. The van der Waals surface area contributed by atoms with Crippen molar-refractivity contribution in [1.29, 1.82) is 0 Å². The van der Waals surface area contributed by atoms with Gasteiger partial charge in [0.2, 0.25) is 24.6 Å². The number of carbonyl (C=O) groups excluding carboxylic acids is 7. The van der Waals surface area contributed by atoms with Crippen molar-refractivity contribution in [3.63, 3.8) is 0 Å². The third-order valence-corrected chi connectivity index (χ3v) is 4.40. The van der Waals surface area contributed by atoms with E-state index in [0.29, 0.717) is 13.1 Å². The smallest absolute Gasteiger partial charge is 0.407 e. The summed E-state index contributed by atoms with van der Waals surface area (Å²) in [7, 11) is 0. The molecule has 0 spiro atoms. The molecule has 0 aliphatic heterocycles. The molecule has 0 bridgehead atoms. The summed E-state index contributed by atoms with van der Waals surface area (Å²) in [5, 5.41) is 13.7. The monoisotopic (exact) mass is 526 g/mol. The molecule has 6 N–H and O–H groups in total. The minimum Gasteiger partial charge on any atom is -0.449 e. The Bertz CT molecular complexity index is 802. The maximum absolute atomic E-state index is 13.1. The Morgan fingerprint density at radius 3 is 1.49 bits per heavy atom. The van der Waals surface area contributed by atoms with Crippen LogP contribution < -0.4 is 31.9 Å². The molecule has 0 saturated heterocycles. The lowest BCUT2D eigenvalue weighted by Gasteiger charge is -2.21. The van der Waals surface area contributed by atoms with Gasteiger partial charge in [0.05, 0.1) is 13.2 Å². The molecule has 0 atom stereocenters. The second kappa shape index (κ2) is 18.8. The van der Waals surface area contributed by atoms with Crippen molar-refractivity contribution >= 4 is 42.6 Å². The normalized spacial score (nSPS) is 9.95. The molecule has 15 heteroatoms. The van der Waals surface area contributed by atoms with Gasteiger partial charge in [-0.05, 0) is 13.8 Å². The van der Waals surface area contributed by atoms with Crippen LogP contribution in [-0.2, 0) is 33.4 Å². The second-order valence-corrected chi connectivity index (χ2v) is 7.48. The Morgan fingerprint density at radius 1 is 0.730 bits per heavy atom. The van der Waals surface area contributed by atoms with Crippen LogP contribution in [0.15, 0.2) is 24.8 Å². The van der Waals surface area contributed by atoms with Crippen LogP contribution >= 0.6 is 0 Å². The highest BCUT2D eigenvalue weighted by atomic mass is 16.6. The highest BCUT2D eigenvalue weighted by Gasteiger charge is 2.28. The molecule has 15 nitrogen and oxygen atoms in total. The molecule has 206 valence electrons. The van der Waals surface area contributed by atoms with Crippen molar-refractivity contribution in [2.75, 3.05) is 26.3 Å². The van der Waals surface area contributed by atoms with Crippen LogP contribution in [-0.4, -0.2) is 68.9 Å². The van der Waals surface area contributed by atoms with Crippen LogP contribution in [0.25, 0.3) is 0 Å². The number of hydrogen-bond donors (Lipinski definition) is 6. The molecule has 0 aromatic carbocycles. The Balaban J connectivity index is 5.54. The number of ether oxygens (including phenoxy) is 2. The van der Waals surface area contributed by atoms with E-state index < -0.39 is 54.5 Å². The average Bonchev–Trinajstić information content (AvgIpc) is 2.80. The van der Waals surface area contributed by atoms with Crippen LogP contribution in [0, 0.1) is 11.8 Å². The number of carbonyl (C=O) groups is 7. The molecule has 0 heterocycles. The number of amides is 6. The molecule has 0 fully saturated rings. The molecule has 0 aromatic heterocycles. The maximum atomic E-state index is 13.1. The Labute approximate surface area is 214 Å². The summed E-state index contributed by atoms with van der Waals surface area (Å²) in [4.78, 5) is 82.2. The van der Waals surface area contributed by atoms with Crippen LogP contribution in [0.1, 0.15) is 33.1 Å². The topological polar surface area (TPSA) is 210 Å². The zero-order valence-electron chi connectivity index (χ0n) is 20.8. The van der Waals surface area contributed by atoms with E-state index in [1.54, 1.807) is 13.8 Å². The number of rotatable bonds is 19. The lowest BCUT2D eigenvalue weighted by Crippen LogP contribution is -2.37. The standard InChI is InChI=1S/C22H34N6O9/c1-5-23-21(34)36-10-16(11-37-22(35)24-6-2)7-18(31)17(8-19(32)27-14(3)25-12-29)9-20(33)28-15(4)26-13-30/h12-13,16-17H,3-11H2,1-2H3,(H,23,34)(H,24,35)(H,25,29)(H,26,30)(H,27,32)(H,28,33). The lowest BCUT2D eigenvalue weighted by molar-refractivity contribution is -0.133. The van der Waals surface area contributed by atoms with Gasteiger partial charge in [0, 0.05) is 44.2 Å². The highest BCUT2D eigenvalue weighted by Crippen LogP contribution is 2.18. The van der Waals surface area contributed by atoms with Gasteiger partial charge in [-0.3, -0.25) is 24.0 Å². The molecule has 0 aliphatic rings. The number of hydrogen-bond acceptors (Lipinski definition) is 9. The maximum Gasteiger partial charge on any atom is 0.407 e. The summed E-state index contributed by atoms with van der Waals surface area (Å²) in [6, 6.07) is 0. The SMILES string of the molecule is C=C(NC=O)NC(=O)CC(CC(=O)NC(=C)NC=O)C(=O)CC(COC(=O)NCC)COC(=O)NCC. The largest absolute Gasteiger partial charge is 0.449 e. The molecule has 0 saturated carbocycles. The summed E-state index contributed by atoms with van der Waals surface area (Å²) >= 11 is 0. The Hall–Kier alpha value is -4.43. The van der Waals surface area contributed by atoms with Crippen molar-refractivity contribution in [1.82, 2.24) is 31.9 Å². The van der Waals surface area contributed by atoms with Gasteiger partial charge >= 0.3 is 12.2 Å². The fourth-order valence-corrected chi connectivity index (χ4v) is 2.80. The Kier molecular flexibility index (Phi) is 16.6. The molecule has 37 heavy (non-hydrogen) atoms. The summed E-state index contributed by atoms with van der Waals surface area (Å²) in [6.07, 6.45) is -2.16. The first kappa shape index (κ1) is 32.6. The minimum absolute atomic E-state index is 0.136. The summed E-state index contributed by atoms with van der Waals surface area (Å²) in [5.74, 6) is -4.25. The predicted octanol–water partition coefficient (Wildman–Crippen LogP) is -0.883. The predicted molar refractivity (Wildman–Crippen MR) is 129 cm³/mol. The van der Waals surface area contributed by atoms with Gasteiger partial charge in [-0.2, -0.15) is 0 Å². The van der Waals surface area contributed by atoms with E-state index in [4.69, 9.17) is 9.47 Å². The van der Waals surface area contributed by atoms with Crippen LogP contribution in [0.2, 0.25) is 0 Å². The molecule has 0 rings (SSSR count). The van der Waals surface area contributed by atoms with Crippen molar-refractivity contribution in [2.45, 2.75) is 33.1 Å². The van der Waals surface area contributed by atoms with Gasteiger partial charge < -0.3 is 41.4 Å². The number of Topliss-reactive ketones (excluding diaryl/α,β-unsaturated/α-hetero) is 1. The molecule has 0 unspecified atom stereocenters. The lowest BCUT2D eigenvalue weighted by atomic mass is 9.89. The zero-order valence-corrected chi connectivity index (χ0v) is 20.8.